The monoisotopic (exact) mass is 456 g/mol. The SMILES string of the molecule is Cc1ccc(S(=O)(=O)N[C@H]2C=C[C@H](CC(=O)N3CCc4ccccc4C3)O[C@@H]2CO)cc1. The fourth-order valence-corrected chi connectivity index (χ4v) is 5.30. The third-order valence-corrected chi connectivity index (χ3v) is 7.42. The Kier molecular flexibility index (Phi) is 6.76. The Morgan fingerprint density at radius 2 is 1.84 bits per heavy atom. The normalized spacial score (nSPS) is 23.1. The van der Waals surface area contributed by atoms with Gasteiger partial charge in [0.2, 0.25) is 15.9 Å². The lowest BCUT2D eigenvalue weighted by Gasteiger charge is -2.33. The Hall–Kier alpha value is -2.52. The van der Waals surface area contributed by atoms with Gasteiger partial charge in [-0.25, -0.2) is 13.1 Å². The molecule has 1 amide bonds. The minimum absolute atomic E-state index is 0.0236. The second-order valence-electron chi connectivity index (χ2n) is 8.28. The van der Waals surface area contributed by atoms with Crippen molar-refractivity contribution < 1.29 is 23.1 Å². The van der Waals surface area contributed by atoms with Gasteiger partial charge in [-0.1, -0.05) is 54.1 Å². The summed E-state index contributed by atoms with van der Waals surface area (Å²) in [5.74, 6) is -0.0236. The fraction of sp³-hybridized carbons (Fsp3) is 0.375. The van der Waals surface area contributed by atoms with Crippen LogP contribution < -0.4 is 4.72 Å². The first kappa shape index (κ1) is 22.7. The van der Waals surface area contributed by atoms with Crippen molar-refractivity contribution in [1.82, 2.24) is 9.62 Å². The van der Waals surface area contributed by atoms with Crippen molar-refractivity contribution in [3.63, 3.8) is 0 Å². The highest BCUT2D eigenvalue weighted by Gasteiger charge is 2.32. The van der Waals surface area contributed by atoms with Gasteiger partial charge < -0.3 is 14.7 Å². The van der Waals surface area contributed by atoms with Gasteiger partial charge in [-0.15, -0.1) is 0 Å². The van der Waals surface area contributed by atoms with E-state index in [-0.39, 0.29) is 23.8 Å². The number of hydrogen-bond donors (Lipinski definition) is 2. The standard InChI is InChI=1S/C24H28N2O5S/c1-17-6-9-21(10-7-17)32(29,30)25-22-11-8-20(31-23(22)16-27)14-24(28)26-13-12-18-4-2-3-5-19(18)15-26/h2-11,20,22-23,25,27H,12-16H2,1H3/t20-,22+,23-/m1/s1. The van der Waals surface area contributed by atoms with Crippen molar-refractivity contribution in [2.45, 2.75) is 49.5 Å². The molecular formula is C24H28N2O5S. The third-order valence-electron chi connectivity index (χ3n) is 5.94. The number of aryl methyl sites for hydroxylation is 1. The minimum Gasteiger partial charge on any atom is -0.394 e. The maximum absolute atomic E-state index is 12.8. The predicted molar refractivity (Wildman–Crippen MR) is 120 cm³/mol. The van der Waals surface area contributed by atoms with Crippen molar-refractivity contribution >= 4 is 15.9 Å². The van der Waals surface area contributed by atoms with Crippen LogP contribution in [0.5, 0.6) is 0 Å². The van der Waals surface area contributed by atoms with Crippen molar-refractivity contribution in [2.75, 3.05) is 13.2 Å². The maximum atomic E-state index is 12.8. The zero-order valence-corrected chi connectivity index (χ0v) is 18.8. The predicted octanol–water partition coefficient (Wildman–Crippen LogP) is 1.93. The molecular weight excluding hydrogens is 428 g/mol. The van der Waals surface area contributed by atoms with Gasteiger partial charge in [0.1, 0.15) is 6.10 Å². The average molecular weight is 457 g/mol. The van der Waals surface area contributed by atoms with E-state index < -0.39 is 28.3 Å². The molecule has 0 saturated heterocycles. The van der Waals surface area contributed by atoms with Gasteiger partial charge >= 0.3 is 0 Å². The van der Waals surface area contributed by atoms with E-state index in [0.717, 1.165) is 17.5 Å². The molecule has 2 N–H and O–H groups in total. The number of benzene rings is 2. The highest BCUT2D eigenvalue weighted by molar-refractivity contribution is 7.89. The van der Waals surface area contributed by atoms with Crippen molar-refractivity contribution in [3.8, 4) is 0 Å². The topological polar surface area (TPSA) is 95.9 Å². The number of sulfonamides is 1. The quantitative estimate of drug-likeness (QED) is 0.648. The summed E-state index contributed by atoms with van der Waals surface area (Å²) in [6, 6.07) is 13.9. The first-order valence-corrected chi connectivity index (χ1v) is 12.2. The number of aliphatic hydroxyl groups excluding tert-OH is 1. The van der Waals surface area contributed by atoms with Crippen molar-refractivity contribution in [3.05, 3.63) is 77.4 Å². The van der Waals surface area contributed by atoms with Crippen molar-refractivity contribution in [2.24, 2.45) is 0 Å². The van der Waals surface area contributed by atoms with Crippen LogP contribution >= 0.6 is 0 Å². The van der Waals surface area contributed by atoms with E-state index in [1.54, 1.807) is 24.3 Å². The van der Waals surface area contributed by atoms with Gasteiger partial charge in [0.05, 0.1) is 30.1 Å². The first-order chi connectivity index (χ1) is 15.4. The van der Waals surface area contributed by atoms with Crippen LogP contribution in [0.15, 0.2) is 65.6 Å². The number of nitrogens with one attached hydrogen (secondary N) is 1. The molecule has 4 rings (SSSR count). The van der Waals surface area contributed by atoms with Crippen LogP contribution in [0.3, 0.4) is 0 Å². The van der Waals surface area contributed by atoms with Crippen LogP contribution in [0.2, 0.25) is 0 Å². The molecule has 170 valence electrons. The number of hydrogen-bond acceptors (Lipinski definition) is 5. The van der Waals surface area contributed by atoms with Gasteiger partial charge in [0, 0.05) is 13.1 Å². The van der Waals surface area contributed by atoms with E-state index in [1.165, 1.54) is 17.7 Å². The molecule has 0 bridgehead atoms. The largest absolute Gasteiger partial charge is 0.394 e. The second kappa shape index (κ2) is 9.54. The number of carbonyl (C=O) groups is 1. The Bertz CT molecular complexity index is 1100. The summed E-state index contributed by atoms with van der Waals surface area (Å²) in [6.45, 7) is 2.75. The van der Waals surface area contributed by atoms with E-state index in [1.807, 2.05) is 30.0 Å². The fourth-order valence-electron chi connectivity index (χ4n) is 4.08. The Balaban J connectivity index is 1.39. The molecule has 32 heavy (non-hydrogen) atoms. The Morgan fingerprint density at radius 3 is 2.56 bits per heavy atom. The molecule has 0 aromatic heterocycles. The number of nitrogens with zero attached hydrogens (tertiary/aromatic N) is 1. The van der Waals surface area contributed by atoms with E-state index in [4.69, 9.17) is 4.74 Å². The van der Waals surface area contributed by atoms with Gasteiger partial charge in [0.25, 0.3) is 0 Å². The summed E-state index contributed by atoms with van der Waals surface area (Å²) in [6.07, 6.45) is 3.04. The molecule has 0 aliphatic carbocycles. The highest BCUT2D eigenvalue weighted by atomic mass is 32.2. The van der Waals surface area contributed by atoms with Crippen LogP contribution in [0, 0.1) is 6.92 Å². The molecule has 2 aromatic carbocycles. The second-order valence-corrected chi connectivity index (χ2v) is 9.99. The molecule has 2 aliphatic heterocycles. The Labute approximate surface area is 188 Å². The zero-order valence-electron chi connectivity index (χ0n) is 18.0. The lowest BCUT2D eigenvalue weighted by atomic mass is 9.99. The molecule has 2 heterocycles. The lowest BCUT2D eigenvalue weighted by molar-refractivity contribution is -0.136. The molecule has 0 fully saturated rings. The van der Waals surface area contributed by atoms with E-state index in [9.17, 15) is 18.3 Å². The molecule has 2 aromatic rings. The van der Waals surface area contributed by atoms with Crippen LogP contribution in [0.25, 0.3) is 0 Å². The summed E-state index contributed by atoms with van der Waals surface area (Å²) < 4.78 is 33.8. The first-order valence-electron chi connectivity index (χ1n) is 10.7. The molecule has 7 nitrogen and oxygen atoms in total. The number of carbonyl (C=O) groups excluding carboxylic acids is 1. The number of ether oxygens (including phenoxy) is 1. The summed E-state index contributed by atoms with van der Waals surface area (Å²) in [7, 11) is -3.77. The molecule has 0 radical (unpaired) electrons. The summed E-state index contributed by atoms with van der Waals surface area (Å²) in [5.41, 5.74) is 3.39. The van der Waals surface area contributed by atoms with Crippen molar-refractivity contribution in [1.29, 1.82) is 0 Å². The summed E-state index contributed by atoms with van der Waals surface area (Å²) in [4.78, 5) is 14.8. The minimum atomic E-state index is -3.77. The van der Waals surface area contributed by atoms with Gasteiger partial charge in [-0.3, -0.25) is 4.79 Å². The van der Waals surface area contributed by atoms with Gasteiger partial charge in [-0.2, -0.15) is 0 Å². The Morgan fingerprint density at radius 1 is 1.12 bits per heavy atom. The lowest BCUT2D eigenvalue weighted by Crippen LogP contribution is -2.49. The molecule has 0 spiro atoms. The van der Waals surface area contributed by atoms with Crippen LogP contribution in [-0.2, 0) is 32.5 Å². The number of amides is 1. The summed E-state index contributed by atoms with van der Waals surface area (Å²) >= 11 is 0. The number of aliphatic hydroxyl groups is 1. The molecule has 3 atom stereocenters. The number of fused-ring (bicyclic) bond motifs is 1. The van der Waals surface area contributed by atoms with Crippen LogP contribution in [0.4, 0.5) is 0 Å². The molecule has 8 heteroatoms. The smallest absolute Gasteiger partial charge is 0.241 e. The summed E-state index contributed by atoms with van der Waals surface area (Å²) in [5, 5.41) is 9.79. The van der Waals surface area contributed by atoms with Gasteiger partial charge in [0.15, 0.2) is 0 Å². The van der Waals surface area contributed by atoms with Crippen LogP contribution in [-0.4, -0.2) is 55.7 Å². The highest BCUT2D eigenvalue weighted by Crippen LogP contribution is 2.22. The number of rotatable bonds is 6. The molecule has 2 aliphatic rings. The molecule has 0 saturated carbocycles. The third kappa shape index (κ3) is 5.10. The van der Waals surface area contributed by atoms with Gasteiger partial charge in [-0.05, 0) is 36.6 Å². The maximum Gasteiger partial charge on any atom is 0.241 e. The van der Waals surface area contributed by atoms with E-state index in [2.05, 4.69) is 10.8 Å². The van der Waals surface area contributed by atoms with E-state index in [0.29, 0.717) is 13.1 Å². The van der Waals surface area contributed by atoms with E-state index >= 15 is 0 Å². The average Bonchev–Trinajstić information content (AvgIpc) is 2.79. The zero-order chi connectivity index (χ0) is 22.7. The van der Waals surface area contributed by atoms with Crippen LogP contribution in [0.1, 0.15) is 23.1 Å². The molecule has 0 unspecified atom stereocenters.